The fraction of sp³-hybridized carbons (Fsp3) is 0.222. The van der Waals surface area contributed by atoms with Crippen molar-refractivity contribution in [2.45, 2.75) is 25.5 Å². The molecule has 1 atom stereocenters. The van der Waals surface area contributed by atoms with E-state index in [4.69, 9.17) is 9.84 Å². The number of halogens is 1. The van der Waals surface area contributed by atoms with E-state index in [1.54, 1.807) is 0 Å². The summed E-state index contributed by atoms with van der Waals surface area (Å²) in [5.41, 5.74) is 1.64. The Hall–Kier alpha value is -2.89. The zero-order valence-electron chi connectivity index (χ0n) is 12.8. The minimum Gasteiger partial charge on any atom is -0.478 e. The molecule has 0 fully saturated rings. The first-order valence-corrected chi connectivity index (χ1v) is 7.57. The van der Waals surface area contributed by atoms with Crippen LogP contribution in [0.15, 0.2) is 42.5 Å². The van der Waals surface area contributed by atoms with E-state index in [1.807, 2.05) is 30.3 Å². The monoisotopic (exact) mass is 329 g/mol. The van der Waals surface area contributed by atoms with Gasteiger partial charge in [-0.05, 0) is 36.1 Å². The molecule has 124 valence electrons. The highest BCUT2D eigenvalue weighted by Gasteiger charge is 2.27. The van der Waals surface area contributed by atoms with E-state index in [9.17, 15) is 14.0 Å². The maximum absolute atomic E-state index is 13.8. The average molecular weight is 329 g/mol. The van der Waals surface area contributed by atoms with Gasteiger partial charge in [0, 0.05) is 5.69 Å². The van der Waals surface area contributed by atoms with Gasteiger partial charge in [0.2, 0.25) is 0 Å². The largest absolute Gasteiger partial charge is 0.478 e. The summed E-state index contributed by atoms with van der Waals surface area (Å²) in [7, 11) is 0. The number of hydrogen-bond acceptors (Lipinski definition) is 4. The topological polar surface area (TPSA) is 75.6 Å². The Bertz CT molecular complexity index is 776. The molecule has 0 saturated heterocycles. The first-order chi connectivity index (χ1) is 11.5. The molecule has 5 nitrogen and oxygen atoms in total. The Morgan fingerprint density at radius 2 is 2.00 bits per heavy atom. The van der Waals surface area contributed by atoms with Crippen LogP contribution in [0, 0.1) is 5.82 Å². The van der Waals surface area contributed by atoms with Crippen LogP contribution in [0.5, 0.6) is 0 Å². The highest BCUT2D eigenvalue weighted by Crippen LogP contribution is 2.28. The first-order valence-electron chi connectivity index (χ1n) is 7.57. The molecule has 1 unspecified atom stereocenters. The van der Waals surface area contributed by atoms with E-state index in [-0.39, 0.29) is 12.2 Å². The van der Waals surface area contributed by atoms with Gasteiger partial charge in [-0.25, -0.2) is 14.0 Å². The highest BCUT2D eigenvalue weighted by molar-refractivity contribution is 5.89. The van der Waals surface area contributed by atoms with Crippen LogP contribution < -0.4 is 5.32 Å². The smallest absolute Gasteiger partial charge is 0.338 e. The molecule has 6 heteroatoms. The molecule has 1 aliphatic heterocycles. The van der Waals surface area contributed by atoms with Crippen LogP contribution in [-0.4, -0.2) is 23.1 Å². The van der Waals surface area contributed by atoms with Gasteiger partial charge in [0.05, 0.1) is 5.56 Å². The number of aromatic carboxylic acids is 1. The second-order valence-corrected chi connectivity index (χ2v) is 5.62. The molecule has 2 aromatic rings. The van der Waals surface area contributed by atoms with Gasteiger partial charge in [-0.2, -0.15) is 0 Å². The summed E-state index contributed by atoms with van der Waals surface area (Å²) < 4.78 is 19.1. The number of aryl methyl sites for hydroxylation is 1. The highest BCUT2D eigenvalue weighted by atomic mass is 19.1. The van der Waals surface area contributed by atoms with Crippen molar-refractivity contribution in [3.8, 4) is 0 Å². The molecule has 1 heterocycles. The van der Waals surface area contributed by atoms with Gasteiger partial charge in [-0.15, -0.1) is 0 Å². The maximum atomic E-state index is 13.8. The van der Waals surface area contributed by atoms with Crippen LogP contribution >= 0.6 is 0 Å². The predicted molar refractivity (Wildman–Crippen MR) is 85.3 cm³/mol. The summed E-state index contributed by atoms with van der Waals surface area (Å²) in [4.78, 5) is 23.1. The second kappa shape index (κ2) is 6.70. The Morgan fingerprint density at radius 1 is 1.25 bits per heavy atom. The summed E-state index contributed by atoms with van der Waals surface area (Å²) in [5.74, 6) is -2.54. The van der Waals surface area contributed by atoms with Crippen molar-refractivity contribution < 1.29 is 23.8 Å². The normalized spacial score (nSPS) is 16.0. The van der Waals surface area contributed by atoms with Gasteiger partial charge in [0.15, 0.2) is 0 Å². The van der Waals surface area contributed by atoms with E-state index in [0.717, 1.165) is 11.6 Å². The molecule has 0 aliphatic carbocycles. The standard InChI is InChI=1S/C18H16FNO4/c19-14-9-16-12(8-13(14)17(21)22)6-7-15(20-16)18(23)24-10-11-4-2-1-3-5-11/h1-5,8-9,15,20H,6-7,10H2,(H,21,22). The average Bonchev–Trinajstić information content (AvgIpc) is 2.59. The third kappa shape index (κ3) is 3.37. The van der Waals surface area contributed by atoms with Crippen molar-refractivity contribution in [2.75, 3.05) is 5.32 Å². The predicted octanol–water partition coefficient (Wildman–Crippen LogP) is 2.99. The zero-order chi connectivity index (χ0) is 17.1. The molecular formula is C18H16FNO4. The third-order valence-electron chi connectivity index (χ3n) is 3.96. The number of hydrogen-bond donors (Lipinski definition) is 2. The molecule has 2 N–H and O–H groups in total. The molecule has 0 saturated carbocycles. The number of carbonyl (C=O) groups is 2. The lowest BCUT2D eigenvalue weighted by molar-refractivity contribution is -0.146. The Morgan fingerprint density at radius 3 is 2.71 bits per heavy atom. The number of nitrogens with one attached hydrogen (secondary N) is 1. The quantitative estimate of drug-likeness (QED) is 0.844. The fourth-order valence-electron chi connectivity index (χ4n) is 2.69. The van der Waals surface area contributed by atoms with E-state index in [0.29, 0.717) is 24.1 Å². The minimum absolute atomic E-state index is 0.178. The van der Waals surface area contributed by atoms with E-state index < -0.39 is 23.8 Å². The Balaban J connectivity index is 1.67. The van der Waals surface area contributed by atoms with E-state index >= 15 is 0 Å². The lowest BCUT2D eigenvalue weighted by atomic mass is 9.96. The van der Waals surface area contributed by atoms with Gasteiger partial charge in [-0.1, -0.05) is 30.3 Å². The van der Waals surface area contributed by atoms with Crippen LogP contribution in [0.25, 0.3) is 0 Å². The fourth-order valence-corrected chi connectivity index (χ4v) is 2.69. The van der Waals surface area contributed by atoms with Gasteiger partial charge >= 0.3 is 11.9 Å². The number of esters is 1. The number of carboxylic acid groups (broad SMARTS) is 1. The molecule has 3 rings (SSSR count). The lowest BCUT2D eigenvalue weighted by Gasteiger charge is -2.26. The van der Waals surface area contributed by atoms with Crippen molar-refractivity contribution in [1.29, 1.82) is 0 Å². The van der Waals surface area contributed by atoms with Crippen molar-refractivity contribution in [3.05, 3.63) is 65.0 Å². The number of carboxylic acids is 1. The maximum Gasteiger partial charge on any atom is 0.338 e. The summed E-state index contributed by atoms with van der Waals surface area (Å²) in [6.07, 6.45) is 0.944. The summed E-state index contributed by atoms with van der Waals surface area (Å²) in [6, 6.07) is 11.2. The SMILES string of the molecule is O=C(O)c1cc2c(cc1F)NC(C(=O)OCc1ccccc1)CC2. The Labute approximate surface area is 138 Å². The van der Waals surface area contributed by atoms with E-state index in [1.165, 1.54) is 6.07 Å². The summed E-state index contributed by atoms with van der Waals surface area (Å²) in [5, 5.41) is 11.9. The molecule has 2 aromatic carbocycles. The van der Waals surface area contributed by atoms with Crippen LogP contribution in [0.2, 0.25) is 0 Å². The molecule has 0 bridgehead atoms. The molecule has 0 radical (unpaired) electrons. The number of rotatable bonds is 4. The van der Waals surface area contributed by atoms with Gasteiger partial charge in [0.1, 0.15) is 18.5 Å². The number of fused-ring (bicyclic) bond motifs is 1. The third-order valence-corrected chi connectivity index (χ3v) is 3.96. The molecule has 0 amide bonds. The van der Waals surface area contributed by atoms with Crippen LogP contribution in [0.1, 0.15) is 27.9 Å². The van der Waals surface area contributed by atoms with Crippen molar-refractivity contribution in [2.24, 2.45) is 0 Å². The number of benzene rings is 2. The van der Waals surface area contributed by atoms with Crippen LogP contribution in [0.3, 0.4) is 0 Å². The zero-order valence-corrected chi connectivity index (χ0v) is 12.8. The van der Waals surface area contributed by atoms with Gasteiger partial charge in [-0.3, -0.25) is 0 Å². The molecular weight excluding hydrogens is 313 g/mol. The molecule has 0 aromatic heterocycles. The van der Waals surface area contributed by atoms with E-state index in [2.05, 4.69) is 5.32 Å². The molecule has 1 aliphatic rings. The van der Waals surface area contributed by atoms with Crippen LogP contribution in [-0.2, 0) is 22.6 Å². The lowest BCUT2D eigenvalue weighted by Crippen LogP contribution is -2.35. The van der Waals surface area contributed by atoms with Crippen molar-refractivity contribution >= 4 is 17.6 Å². The summed E-state index contributed by atoms with van der Waals surface area (Å²) in [6.45, 7) is 0.178. The van der Waals surface area contributed by atoms with Crippen molar-refractivity contribution in [1.82, 2.24) is 0 Å². The summed E-state index contributed by atoms with van der Waals surface area (Å²) >= 11 is 0. The number of anilines is 1. The van der Waals surface area contributed by atoms with Gasteiger partial charge in [0.25, 0.3) is 0 Å². The second-order valence-electron chi connectivity index (χ2n) is 5.62. The molecule has 0 spiro atoms. The van der Waals surface area contributed by atoms with Crippen LogP contribution in [0.4, 0.5) is 10.1 Å². The first kappa shape index (κ1) is 16.0. The number of carbonyl (C=O) groups excluding carboxylic acids is 1. The Kier molecular flexibility index (Phi) is 4.46. The van der Waals surface area contributed by atoms with Gasteiger partial charge < -0.3 is 15.2 Å². The minimum atomic E-state index is -1.31. The number of ether oxygens (including phenoxy) is 1. The molecule has 24 heavy (non-hydrogen) atoms. The van der Waals surface area contributed by atoms with Crippen molar-refractivity contribution in [3.63, 3.8) is 0 Å².